The maximum Gasteiger partial charge on any atom is 0.231 e. The zero-order valence-corrected chi connectivity index (χ0v) is 12.7. The summed E-state index contributed by atoms with van der Waals surface area (Å²) in [6.07, 6.45) is 0. The van der Waals surface area contributed by atoms with Crippen molar-refractivity contribution in [2.45, 2.75) is 32.7 Å². The minimum Gasteiger partial charge on any atom is -0.494 e. The van der Waals surface area contributed by atoms with E-state index in [9.17, 15) is 4.39 Å². The molecule has 0 fully saturated rings. The number of rotatable bonds is 6. The molecule has 1 aromatic heterocycles. The number of likely N-dealkylation sites (N-methyl/N-ethyl adjacent to an activating group) is 1. The largest absolute Gasteiger partial charge is 0.494 e. The van der Waals surface area contributed by atoms with Crippen molar-refractivity contribution in [3.63, 3.8) is 0 Å². The lowest BCUT2D eigenvalue weighted by Crippen LogP contribution is -2.30. The zero-order chi connectivity index (χ0) is 15.4. The zero-order valence-electron chi connectivity index (χ0n) is 12.7. The number of ether oxygens (including phenoxy) is 1. The fraction of sp³-hybridized carbons (Fsp3) is 0.467. The molecule has 0 spiro atoms. The van der Waals surface area contributed by atoms with Gasteiger partial charge in [0.25, 0.3) is 0 Å². The quantitative estimate of drug-likeness (QED) is 0.887. The van der Waals surface area contributed by atoms with Gasteiger partial charge < -0.3 is 14.6 Å². The molecule has 0 saturated heterocycles. The lowest BCUT2D eigenvalue weighted by atomic mass is 10.0. The van der Waals surface area contributed by atoms with Crippen molar-refractivity contribution < 1.29 is 13.7 Å². The molecule has 21 heavy (non-hydrogen) atoms. The monoisotopic (exact) mass is 293 g/mol. The van der Waals surface area contributed by atoms with E-state index in [1.807, 2.05) is 13.8 Å². The van der Waals surface area contributed by atoms with Gasteiger partial charge in [0.15, 0.2) is 11.6 Å². The molecule has 5 nitrogen and oxygen atoms in total. The second kappa shape index (κ2) is 6.67. The summed E-state index contributed by atoms with van der Waals surface area (Å²) in [5, 5.41) is 7.28. The third-order valence-electron chi connectivity index (χ3n) is 3.52. The molecule has 0 radical (unpaired) electrons. The SMILES string of the molecule is CCNC(C)C(C)c1nc(-c2ccc(F)c(OC)c2)no1. The first kappa shape index (κ1) is 15.4. The van der Waals surface area contributed by atoms with E-state index < -0.39 is 5.82 Å². The topological polar surface area (TPSA) is 60.2 Å². The molecular formula is C15H20FN3O2. The van der Waals surface area contributed by atoms with Gasteiger partial charge in [-0.25, -0.2) is 4.39 Å². The summed E-state index contributed by atoms with van der Waals surface area (Å²) >= 11 is 0. The second-order valence-corrected chi connectivity index (χ2v) is 4.94. The van der Waals surface area contributed by atoms with Crippen LogP contribution < -0.4 is 10.1 Å². The Bertz CT molecular complexity index is 600. The molecule has 0 aliphatic rings. The Labute approximate surface area is 123 Å². The minimum absolute atomic E-state index is 0.0912. The van der Waals surface area contributed by atoms with E-state index in [2.05, 4.69) is 22.4 Å². The second-order valence-electron chi connectivity index (χ2n) is 4.94. The van der Waals surface area contributed by atoms with E-state index in [0.717, 1.165) is 6.54 Å². The third kappa shape index (κ3) is 3.39. The van der Waals surface area contributed by atoms with Gasteiger partial charge >= 0.3 is 0 Å². The highest BCUT2D eigenvalue weighted by atomic mass is 19.1. The highest BCUT2D eigenvalue weighted by Crippen LogP contribution is 2.26. The summed E-state index contributed by atoms with van der Waals surface area (Å²) in [4.78, 5) is 4.39. The molecule has 0 bridgehead atoms. The van der Waals surface area contributed by atoms with Crippen LogP contribution in [-0.2, 0) is 0 Å². The first-order valence-electron chi connectivity index (χ1n) is 6.97. The average Bonchev–Trinajstić information content (AvgIpc) is 2.97. The number of nitrogens with zero attached hydrogens (tertiary/aromatic N) is 2. The Morgan fingerprint density at radius 2 is 2.14 bits per heavy atom. The van der Waals surface area contributed by atoms with Crippen molar-refractivity contribution in [1.29, 1.82) is 0 Å². The summed E-state index contributed by atoms with van der Waals surface area (Å²) in [5.41, 5.74) is 0.659. The van der Waals surface area contributed by atoms with Crippen molar-refractivity contribution >= 4 is 0 Å². The molecule has 0 amide bonds. The number of hydrogen-bond acceptors (Lipinski definition) is 5. The molecule has 2 atom stereocenters. The predicted octanol–water partition coefficient (Wildman–Crippen LogP) is 2.99. The Morgan fingerprint density at radius 3 is 2.81 bits per heavy atom. The van der Waals surface area contributed by atoms with Gasteiger partial charge in [-0.15, -0.1) is 0 Å². The molecule has 1 aromatic carbocycles. The van der Waals surface area contributed by atoms with E-state index in [4.69, 9.17) is 9.26 Å². The van der Waals surface area contributed by atoms with Crippen LogP contribution in [0.4, 0.5) is 4.39 Å². The molecule has 6 heteroatoms. The lowest BCUT2D eigenvalue weighted by Gasteiger charge is -2.16. The fourth-order valence-electron chi connectivity index (χ4n) is 2.05. The maximum atomic E-state index is 13.4. The van der Waals surface area contributed by atoms with Gasteiger partial charge in [0, 0.05) is 11.6 Å². The molecule has 1 heterocycles. The van der Waals surface area contributed by atoms with Gasteiger partial charge in [0.1, 0.15) is 0 Å². The van der Waals surface area contributed by atoms with Crippen LogP contribution >= 0.6 is 0 Å². The van der Waals surface area contributed by atoms with E-state index in [-0.39, 0.29) is 17.7 Å². The molecule has 0 saturated carbocycles. The van der Waals surface area contributed by atoms with Gasteiger partial charge in [-0.1, -0.05) is 19.0 Å². The van der Waals surface area contributed by atoms with Crippen LogP contribution in [0.15, 0.2) is 22.7 Å². The number of hydrogen-bond donors (Lipinski definition) is 1. The Morgan fingerprint density at radius 1 is 1.38 bits per heavy atom. The van der Waals surface area contributed by atoms with Gasteiger partial charge in [0.05, 0.1) is 13.0 Å². The Hall–Kier alpha value is -1.95. The van der Waals surface area contributed by atoms with E-state index in [0.29, 0.717) is 17.3 Å². The Kier molecular flexibility index (Phi) is 4.90. The highest BCUT2D eigenvalue weighted by Gasteiger charge is 2.20. The van der Waals surface area contributed by atoms with Crippen molar-refractivity contribution in [3.8, 4) is 17.1 Å². The van der Waals surface area contributed by atoms with Crippen LogP contribution in [0.1, 0.15) is 32.6 Å². The maximum absolute atomic E-state index is 13.4. The van der Waals surface area contributed by atoms with Crippen molar-refractivity contribution in [1.82, 2.24) is 15.5 Å². The Balaban J connectivity index is 2.23. The number of nitrogens with one attached hydrogen (secondary N) is 1. The minimum atomic E-state index is -0.417. The van der Waals surface area contributed by atoms with Gasteiger partial charge in [-0.3, -0.25) is 0 Å². The summed E-state index contributed by atoms with van der Waals surface area (Å²) in [7, 11) is 1.42. The lowest BCUT2D eigenvalue weighted by molar-refractivity contribution is 0.332. The van der Waals surface area contributed by atoms with E-state index in [1.165, 1.54) is 13.2 Å². The molecular weight excluding hydrogens is 273 g/mol. The van der Waals surface area contributed by atoms with Crippen LogP contribution in [0, 0.1) is 5.82 Å². The van der Waals surface area contributed by atoms with E-state index >= 15 is 0 Å². The van der Waals surface area contributed by atoms with Crippen LogP contribution in [0.2, 0.25) is 0 Å². The number of methoxy groups -OCH3 is 1. The first-order valence-corrected chi connectivity index (χ1v) is 6.97. The fourth-order valence-corrected chi connectivity index (χ4v) is 2.05. The number of aromatic nitrogens is 2. The van der Waals surface area contributed by atoms with Crippen LogP contribution in [0.25, 0.3) is 11.4 Å². The summed E-state index contributed by atoms with van der Waals surface area (Å²) < 4.78 is 23.7. The van der Waals surface area contributed by atoms with Crippen LogP contribution in [0.3, 0.4) is 0 Å². The first-order chi connectivity index (χ1) is 10.1. The summed E-state index contributed by atoms with van der Waals surface area (Å²) in [5.74, 6) is 0.821. The third-order valence-corrected chi connectivity index (χ3v) is 3.52. The molecule has 1 N–H and O–H groups in total. The standard InChI is InChI=1S/C15H20FN3O2/c1-5-17-10(3)9(2)15-18-14(19-21-15)11-6-7-12(16)13(8-11)20-4/h6-10,17H,5H2,1-4H3. The molecule has 2 aromatic rings. The van der Waals surface area contributed by atoms with Gasteiger partial charge in [-0.05, 0) is 31.7 Å². The van der Waals surface area contributed by atoms with Crippen molar-refractivity contribution in [3.05, 3.63) is 29.9 Å². The summed E-state index contributed by atoms with van der Waals surface area (Å²) in [6, 6.07) is 4.72. The van der Waals surface area contributed by atoms with Crippen LogP contribution in [0.5, 0.6) is 5.75 Å². The van der Waals surface area contributed by atoms with Gasteiger partial charge in [-0.2, -0.15) is 4.98 Å². The molecule has 114 valence electrons. The van der Waals surface area contributed by atoms with Crippen molar-refractivity contribution in [2.24, 2.45) is 0 Å². The molecule has 0 aliphatic heterocycles. The summed E-state index contributed by atoms with van der Waals surface area (Å²) in [6.45, 7) is 7.02. The molecule has 2 rings (SSSR count). The van der Waals surface area contributed by atoms with Crippen molar-refractivity contribution in [2.75, 3.05) is 13.7 Å². The molecule has 2 unspecified atom stereocenters. The number of benzene rings is 1. The number of halogens is 1. The van der Waals surface area contributed by atoms with Gasteiger partial charge in [0.2, 0.25) is 11.7 Å². The predicted molar refractivity (Wildman–Crippen MR) is 77.8 cm³/mol. The van der Waals surface area contributed by atoms with E-state index in [1.54, 1.807) is 12.1 Å². The smallest absolute Gasteiger partial charge is 0.231 e. The highest BCUT2D eigenvalue weighted by molar-refractivity contribution is 5.57. The van der Waals surface area contributed by atoms with Crippen LogP contribution in [-0.4, -0.2) is 29.8 Å². The molecule has 0 aliphatic carbocycles. The average molecular weight is 293 g/mol. The normalized spacial score (nSPS) is 14.0.